The number of fused-ring (bicyclic) bond motifs is 1. The smallest absolute Gasteiger partial charge is 0.250 e. The third-order valence-electron chi connectivity index (χ3n) is 6.19. The molecule has 0 spiro atoms. The van der Waals surface area contributed by atoms with Crippen molar-refractivity contribution >= 4 is 23.5 Å². The molecule has 0 saturated carbocycles. The third kappa shape index (κ3) is 4.05. The number of nitrogens with one attached hydrogen (secondary N) is 1. The Kier molecular flexibility index (Phi) is 5.53. The number of para-hydroxylation sites is 2. The number of carbonyl (C=O) groups is 2. The normalized spacial score (nSPS) is 18.2. The van der Waals surface area contributed by atoms with Crippen molar-refractivity contribution in [2.24, 2.45) is 5.92 Å². The molecule has 3 aromatic rings. The lowest BCUT2D eigenvalue weighted by Crippen LogP contribution is -2.49. The number of anilines is 2. The van der Waals surface area contributed by atoms with E-state index in [2.05, 4.69) is 25.7 Å². The van der Waals surface area contributed by atoms with E-state index in [1.54, 1.807) is 4.68 Å². The average Bonchev–Trinajstić information content (AvgIpc) is 3.33. The van der Waals surface area contributed by atoms with Crippen molar-refractivity contribution in [2.75, 3.05) is 36.4 Å². The number of aromatic nitrogens is 4. The van der Waals surface area contributed by atoms with Gasteiger partial charge >= 0.3 is 0 Å². The second-order valence-electron chi connectivity index (χ2n) is 8.18. The van der Waals surface area contributed by atoms with E-state index in [-0.39, 0.29) is 17.7 Å². The fourth-order valence-corrected chi connectivity index (χ4v) is 4.37. The highest BCUT2D eigenvalue weighted by molar-refractivity contribution is 5.96. The predicted octanol–water partition coefficient (Wildman–Crippen LogP) is 1.90. The zero-order valence-electron chi connectivity index (χ0n) is 17.7. The van der Waals surface area contributed by atoms with Crippen LogP contribution in [0.3, 0.4) is 0 Å². The number of tetrazole rings is 1. The molecule has 164 valence electrons. The predicted molar refractivity (Wildman–Crippen MR) is 119 cm³/mol. The van der Waals surface area contributed by atoms with E-state index in [1.807, 2.05) is 59.5 Å². The van der Waals surface area contributed by atoms with Gasteiger partial charge in [0.15, 0.2) is 0 Å². The maximum absolute atomic E-state index is 12.8. The Bertz CT molecular complexity index is 1110. The summed E-state index contributed by atoms with van der Waals surface area (Å²) in [4.78, 5) is 29.2. The van der Waals surface area contributed by atoms with Crippen LogP contribution in [0.4, 0.5) is 11.6 Å². The van der Waals surface area contributed by atoms with Gasteiger partial charge in [0.25, 0.3) is 0 Å². The van der Waals surface area contributed by atoms with E-state index in [1.165, 1.54) is 0 Å². The van der Waals surface area contributed by atoms with E-state index in [0.29, 0.717) is 51.4 Å². The molecule has 1 N–H and O–H groups in total. The first-order valence-corrected chi connectivity index (χ1v) is 10.9. The standard InChI is InChI=1S/C23H25N7O2/c31-21(11-10-18-16-17-6-4-5-9-20(17)24-22(18)32)28-12-14-29(15-13-28)23-25-26-27-30(23)19-7-2-1-3-8-19/h1-9,18H,10-16H2,(H,24,32). The van der Waals surface area contributed by atoms with Crippen molar-refractivity contribution in [3.63, 3.8) is 0 Å². The van der Waals surface area contributed by atoms with E-state index < -0.39 is 0 Å². The first kappa shape index (κ1) is 20.2. The quantitative estimate of drug-likeness (QED) is 0.663. The van der Waals surface area contributed by atoms with E-state index in [9.17, 15) is 9.59 Å². The molecule has 1 fully saturated rings. The molecule has 1 saturated heterocycles. The molecule has 32 heavy (non-hydrogen) atoms. The van der Waals surface area contributed by atoms with Crippen molar-refractivity contribution in [3.05, 3.63) is 60.2 Å². The maximum Gasteiger partial charge on any atom is 0.250 e. The molecule has 5 rings (SSSR count). The van der Waals surface area contributed by atoms with Gasteiger partial charge in [0.1, 0.15) is 0 Å². The summed E-state index contributed by atoms with van der Waals surface area (Å²) in [5, 5.41) is 15.1. The van der Waals surface area contributed by atoms with E-state index >= 15 is 0 Å². The molecule has 3 heterocycles. The number of rotatable bonds is 5. The Morgan fingerprint density at radius 3 is 2.56 bits per heavy atom. The Balaban J connectivity index is 1.15. The lowest BCUT2D eigenvalue weighted by molar-refractivity contribution is -0.132. The second-order valence-corrected chi connectivity index (χ2v) is 8.18. The van der Waals surface area contributed by atoms with Crippen LogP contribution in [0, 0.1) is 5.92 Å². The number of hydrogen-bond acceptors (Lipinski definition) is 6. The summed E-state index contributed by atoms with van der Waals surface area (Å²) >= 11 is 0. The molecule has 0 radical (unpaired) electrons. The van der Waals surface area contributed by atoms with Crippen molar-refractivity contribution in [3.8, 4) is 5.69 Å². The summed E-state index contributed by atoms with van der Waals surface area (Å²) in [6.07, 6.45) is 1.62. The van der Waals surface area contributed by atoms with Gasteiger partial charge in [0.05, 0.1) is 5.69 Å². The van der Waals surface area contributed by atoms with Gasteiger partial charge in [-0.25, -0.2) is 0 Å². The molecule has 2 aliphatic heterocycles. The van der Waals surface area contributed by atoms with Crippen molar-refractivity contribution in [2.45, 2.75) is 19.3 Å². The monoisotopic (exact) mass is 431 g/mol. The van der Waals surface area contributed by atoms with Gasteiger partial charge in [-0.05, 0) is 47.0 Å². The molecule has 0 aliphatic carbocycles. The van der Waals surface area contributed by atoms with Crippen LogP contribution in [-0.4, -0.2) is 63.1 Å². The van der Waals surface area contributed by atoms with Gasteiger partial charge in [-0.3, -0.25) is 9.59 Å². The van der Waals surface area contributed by atoms with Gasteiger partial charge in [-0.1, -0.05) is 41.5 Å². The summed E-state index contributed by atoms with van der Waals surface area (Å²) < 4.78 is 1.72. The van der Waals surface area contributed by atoms with Crippen LogP contribution in [0.2, 0.25) is 0 Å². The van der Waals surface area contributed by atoms with Crippen LogP contribution in [0.5, 0.6) is 0 Å². The maximum atomic E-state index is 12.8. The van der Waals surface area contributed by atoms with Crippen LogP contribution in [0.25, 0.3) is 5.69 Å². The SMILES string of the molecule is O=C1Nc2ccccc2CC1CCC(=O)N1CCN(c2nnnn2-c2ccccc2)CC1. The molecule has 9 nitrogen and oxygen atoms in total. The Labute approximate surface area is 186 Å². The third-order valence-corrected chi connectivity index (χ3v) is 6.19. The lowest BCUT2D eigenvalue weighted by atomic mass is 9.89. The van der Waals surface area contributed by atoms with Crippen LogP contribution in [-0.2, 0) is 16.0 Å². The van der Waals surface area contributed by atoms with Crippen molar-refractivity contribution in [1.82, 2.24) is 25.1 Å². The van der Waals surface area contributed by atoms with Crippen LogP contribution in [0.15, 0.2) is 54.6 Å². The molecule has 2 amide bonds. The van der Waals surface area contributed by atoms with E-state index in [0.717, 1.165) is 16.9 Å². The number of benzene rings is 2. The zero-order chi connectivity index (χ0) is 21.9. The first-order valence-electron chi connectivity index (χ1n) is 10.9. The molecular weight excluding hydrogens is 406 g/mol. The minimum absolute atomic E-state index is 0.00840. The second kappa shape index (κ2) is 8.78. The Hall–Kier alpha value is -3.75. The van der Waals surface area contributed by atoms with Crippen LogP contribution in [0.1, 0.15) is 18.4 Å². The van der Waals surface area contributed by atoms with Crippen LogP contribution >= 0.6 is 0 Å². The number of nitrogens with zero attached hydrogens (tertiary/aromatic N) is 6. The Morgan fingerprint density at radius 1 is 1.00 bits per heavy atom. The first-order chi connectivity index (χ1) is 15.7. The Morgan fingerprint density at radius 2 is 1.75 bits per heavy atom. The summed E-state index contributed by atoms with van der Waals surface area (Å²) in [7, 11) is 0. The van der Waals surface area contributed by atoms with Crippen molar-refractivity contribution < 1.29 is 9.59 Å². The number of piperazine rings is 1. The minimum atomic E-state index is -0.161. The molecule has 2 aromatic carbocycles. The van der Waals surface area contributed by atoms with Crippen molar-refractivity contribution in [1.29, 1.82) is 0 Å². The lowest BCUT2D eigenvalue weighted by Gasteiger charge is -2.35. The van der Waals surface area contributed by atoms with Gasteiger partial charge in [-0.15, -0.1) is 0 Å². The molecule has 2 aliphatic rings. The molecule has 1 unspecified atom stereocenters. The highest BCUT2D eigenvalue weighted by Crippen LogP contribution is 2.28. The van der Waals surface area contributed by atoms with Crippen LogP contribution < -0.4 is 10.2 Å². The summed E-state index contributed by atoms with van der Waals surface area (Å²) in [6.45, 7) is 2.55. The van der Waals surface area contributed by atoms with Gasteiger partial charge < -0.3 is 15.1 Å². The number of hydrogen-bond donors (Lipinski definition) is 1. The molecule has 9 heteroatoms. The van der Waals surface area contributed by atoms with Gasteiger partial charge in [-0.2, -0.15) is 4.68 Å². The summed E-state index contributed by atoms with van der Waals surface area (Å²) in [5.41, 5.74) is 2.92. The number of carbonyl (C=O) groups excluding carboxylic acids is 2. The van der Waals surface area contributed by atoms with Gasteiger partial charge in [0.2, 0.25) is 17.8 Å². The molecule has 0 bridgehead atoms. The fraction of sp³-hybridized carbons (Fsp3) is 0.348. The zero-order valence-corrected chi connectivity index (χ0v) is 17.7. The summed E-state index contributed by atoms with van der Waals surface area (Å²) in [5.74, 6) is 0.625. The fourth-order valence-electron chi connectivity index (χ4n) is 4.37. The highest BCUT2D eigenvalue weighted by Gasteiger charge is 2.29. The molecular formula is C23H25N7O2. The number of amides is 2. The molecule has 1 atom stereocenters. The topological polar surface area (TPSA) is 96.2 Å². The van der Waals surface area contributed by atoms with Gasteiger partial charge in [0, 0.05) is 44.2 Å². The highest BCUT2D eigenvalue weighted by atomic mass is 16.2. The molecule has 1 aromatic heterocycles. The minimum Gasteiger partial charge on any atom is -0.339 e. The van der Waals surface area contributed by atoms with E-state index in [4.69, 9.17) is 0 Å². The average molecular weight is 432 g/mol. The summed E-state index contributed by atoms with van der Waals surface area (Å²) in [6, 6.07) is 17.6. The largest absolute Gasteiger partial charge is 0.339 e.